The minimum atomic E-state index is 0.0139. The fraction of sp³-hybridized carbons (Fsp3) is 0.182. The van der Waals surface area contributed by atoms with Crippen molar-refractivity contribution in [2.24, 2.45) is 7.05 Å². The molecule has 0 spiro atoms. The van der Waals surface area contributed by atoms with E-state index in [1.165, 1.54) is 0 Å². The normalized spacial score (nSPS) is 10.6. The van der Waals surface area contributed by atoms with Gasteiger partial charge in [-0.3, -0.25) is 4.68 Å². The molecule has 0 radical (unpaired) electrons. The Kier molecular flexibility index (Phi) is 2.88. The van der Waals surface area contributed by atoms with Crippen LogP contribution in [0.2, 0.25) is 0 Å². The average molecular weight is 267 g/mol. The summed E-state index contributed by atoms with van der Waals surface area (Å²) in [7, 11) is 1.83. The highest BCUT2D eigenvalue weighted by atomic mass is 79.9. The zero-order valence-electron chi connectivity index (χ0n) is 8.31. The number of hydrogen-bond donors (Lipinski definition) is 1. The van der Waals surface area contributed by atoms with E-state index in [9.17, 15) is 0 Å². The lowest BCUT2D eigenvalue weighted by molar-refractivity contribution is 0.270. The summed E-state index contributed by atoms with van der Waals surface area (Å²) in [5, 5.41) is 13.4. The van der Waals surface area contributed by atoms with Crippen molar-refractivity contribution in [1.29, 1.82) is 0 Å². The van der Waals surface area contributed by atoms with Crippen LogP contribution in [0.25, 0.3) is 11.3 Å². The largest absolute Gasteiger partial charge is 0.390 e. The van der Waals surface area contributed by atoms with Crippen LogP contribution in [0.15, 0.2) is 34.8 Å². The first-order valence-corrected chi connectivity index (χ1v) is 5.39. The summed E-state index contributed by atoms with van der Waals surface area (Å²) in [6.07, 6.45) is 0. The van der Waals surface area contributed by atoms with E-state index in [-0.39, 0.29) is 6.61 Å². The molecule has 3 nitrogen and oxygen atoms in total. The molecule has 78 valence electrons. The number of aliphatic hydroxyl groups is 1. The van der Waals surface area contributed by atoms with Crippen LogP contribution in [-0.4, -0.2) is 14.9 Å². The van der Waals surface area contributed by atoms with E-state index in [1.807, 2.05) is 37.4 Å². The van der Waals surface area contributed by atoms with Crippen molar-refractivity contribution in [1.82, 2.24) is 9.78 Å². The molecular formula is C11H11BrN2O. The lowest BCUT2D eigenvalue weighted by atomic mass is 10.1. The van der Waals surface area contributed by atoms with Crippen LogP contribution in [0.4, 0.5) is 0 Å². The first-order valence-electron chi connectivity index (χ1n) is 4.60. The number of aryl methyl sites for hydroxylation is 1. The lowest BCUT2D eigenvalue weighted by Crippen LogP contribution is -1.96. The molecule has 0 saturated carbocycles. The lowest BCUT2D eigenvalue weighted by Gasteiger charge is -1.95. The van der Waals surface area contributed by atoms with Gasteiger partial charge in [0.15, 0.2) is 0 Å². The highest BCUT2D eigenvalue weighted by Gasteiger charge is 2.05. The van der Waals surface area contributed by atoms with Gasteiger partial charge in [0.1, 0.15) is 0 Å². The summed E-state index contributed by atoms with van der Waals surface area (Å²) >= 11 is 3.39. The van der Waals surface area contributed by atoms with Gasteiger partial charge in [0.25, 0.3) is 0 Å². The molecule has 1 aromatic carbocycles. The van der Waals surface area contributed by atoms with Crippen molar-refractivity contribution in [2.45, 2.75) is 6.61 Å². The van der Waals surface area contributed by atoms with E-state index in [4.69, 9.17) is 5.11 Å². The third-order valence-corrected chi connectivity index (χ3v) is 2.81. The topological polar surface area (TPSA) is 38.0 Å². The van der Waals surface area contributed by atoms with Gasteiger partial charge in [-0.1, -0.05) is 28.1 Å². The van der Waals surface area contributed by atoms with Crippen LogP contribution in [-0.2, 0) is 13.7 Å². The molecule has 1 N–H and O–H groups in total. The third kappa shape index (κ3) is 2.11. The maximum atomic E-state index is 9.05. The standard InChI is InChI=1S/C11H11BrN2O/c1-14-10(7-15)6-11(13-14)8-2-4-9(12)5-3-8/h2-6,15H,7H2,1H3. The molecule has 0 unspecified atom stereocenters. The van der Waals surface area contributed by atoms with E-state index in [2.05, 4.69) is 21.0 Å². The molecule has 2 aromatic rings. The molecule has 0 aliphatic rings. The number of halogens is 1. The average Bonchev–Trinajstić information content (AvgIpc) is 2.61. The van der Waals surface area contributed by atoms with Crippen LogP contribution in [0.1, 0.15) is 5.69 Å². The van der Waals surface area contributed by atoms with Crippen molar-refractivity contribution in [2.75, 3.05) is 0 Å². The number of nitrogens with zero attached hydrogens (tertiary/aromatic N) is 2. The second-order valence-corrected chi connectivity index (χ2v) is 4.23. The van der Waals surface area contributed by atoms with Crippen LogP contribution < -0.4 is 0 Å². The Bertz CT molecular complexity index is 462. The number of aromatic nitrogens is 2. The summed E-state index contributed by atoms with van der Waals surface area (Å²) < 4.78 is 2.74. The summed E-state index contributed by atoms with van der Waals surface area (Å²) in [6, 6.07) is 9.83. The van der Waals surface area contributed by atoms with E-state index >= 15 is 0 Å². The van der Waals surface area contributed by atoms with Crippen molar-refractivity contribution < 1.29 is 5.11 Å². The van der Waals surface area contributed by atoms with Gasteiger partial charge in [-0.2, -0.15) is 5.10 Å². The second kappa shape index (κ2) is 4.16. The van der Waals surface area contributed by atoms with Crippen LogP contribution in [0, 0.1) is 0 Å². The van der Waals surface area contributed by atoms with Crippen LogP contribution in [0.5, 0.6) is 0 Å². The van der Waals surface area contributed by atoms with Crippen LogP contribution in [0.3, 0.4) is 0 Å². The molecule has 0 amide bonds. The van der Waals surface area contributed by atoms with Crippen molar-refractivity contribution in [3.63, 3.8) is 0 Å². The molecule has 4 heteroatoms. The number of hydrogen-bond acceptors (Lipinski definition) is 2. The summed E-state index contributed by atoms with van der Waals surface area (Å²) in [6.45, 7) is 0.0139. The molecule has 1 aromatic heterocycles. The fourth-order valence-corrected chi connectivity index (χ4v) is 1.68. The molecule has 0 fully saturated rings. The van der Waals surface area contributed by atoms with Gasteiger partial charge in [0, 0.05) is 17.1 Å². The number of aliphatic hydroxyl groups excluding tert-OH is 1. The van der Waals surface area contributed by atoms with Gasteiger partial charge in [-0.15, -0.1) is 0 Å². The zero-order valence-corrected chi connectivity index (χ0v) is 9.90. The predicted molar refractivity (Wildman–Crippen MR) is 62.3 cm³/mol. The molecular weight excluding hydrogens is 256 g/mol. The van der Waals surface area contributed by atoms with Gasteiger partial charge in [0.2, 0.25) is 0 Å². The predicted octanol–water partition coefficient (Wildman–Crippen LogP) is 2.34. The molecule has 0 saturated heterocycles. The molecule has 1 heterocycles. The summed E-state index contributed by atoms with van der Waals surface area (Å²) in [5.41, 5.74) is 2.75. The van der Waals surface area contributed by atoms with Gasteiger partial charge < -0.3 is 5.11 Å². The Hall–Kier alpha value is -1.13. The van der Waals surface area contributed by atoms with Gasteiger partial charge in [-0.05, 0) is 18.2 Å². The first-order chi connectivity index (χ1) is 7.20. The Balaban J connectivity index is 2.41. The molecule has 0 atom stereocenters. The second-order valence-electron chi connectivity index (χ2n) is 3.31. The van der Waals surface area contributed by atoms with E-state index in [0.717, 1.165) is 21.4 Å². The van der Waals surface area contributed by atoms with Crippen LogP contribution >= 0.6 is 15.9 Å². The molecule has 0 aliphatic heterocycles. The third-order valence-electron chi connectivity index (χ3n) is 2.28. The fourth-order valence-electron chi connectivity index (χ4n) is 1.42. The summed E-state index contributed by atoms with van der Waals surface area (Å²) in [4.78, 5) is 0. The number of benzene rings is 1. The highest BCUT2D eigenvalue weighted by Crippen LogP contribution is 2.21. The molecule has 0 bridgehead atoms. The Morgan fingerprint density at radius 2 is 2.00 bits per heavy atom. The smallest absolute Gasteiger partial charge is 0.0926 e. The monoisotopic (exact) mass is 266 g/mol. The molecule has 15 heavy (non-hydrogen) atoms. The molecule has 0 aliphatic carbocycles. The number of rotatable bonds is 2. The zero-order chi connectivity index (χ0) is 10.8. The maximum absolute atomic E-state index is 9.05. The minimum absolute atomic E-state index is 0.0139. The summed E-state index contributed by atoms with van der Waals surface area (Å²) in [5.74, 6) is 0. The van der Waals surface area contributed by atoms with Gasteiger partial charge in [0.05, 0.1) is 18.0 Å². The van der Waals surface area contributed by atoms with E-state index < -0.39 is 0 Å². The van der Waals surface area contributed by atoms with Crippen molar-refractivity contribution >= 4 is 15.9 Å². The Morgan fingerprint density at radius 3 is 2.53 bits per heavy atom. The quantitative estimate of drug-likeness (QED) is 0.906. The maximum Gasteiger partial charge on any atom is 0.0926 e. The van der Waals surface area contributed by atoms with Crippen molar-refractivity contribution in [3.8, 4) is 11.3 Å². The highest BCUT2D eigenvalue weighted by molar-refractivity contribution is 9.10. The van der Waals surface area contributed by atoms with Gasteiger partial charge in [-0.25, -0.2) is 0 Å². The van der Waals surface area contributed by atoms with Gasteiger partial charge >= 0.3 is 0 Å². The van der Waals surface area contributed by atoms with E-state index in [0.29, 0.717) is 0 Å². The van der Waals surface area contributed by atoms with E-state index in [1.54, 1.807) is 4.68 Å². The minimum Gasteiger partial charge on any atom is -0.390 e. The van der Waals surface area contributed by atoms with Crippen molar-refractivity contribution in [3.05, 3.63) is 40.5 Å². The Labute approximate surface area is 96.5 Å². The first kappa shape index (κ1) is 10.4. The molecule has 2 rings (SSSR count). The SMILES string of the molecule is Cn1nc(-c2ccc(Br)cc2)cc1CO. The Morgan fingerprint density at radius 1 is 1.33 bits per heavy atom.